The SMILES string of the molecule is C=Cc1[nH]cc(C2CCC(NC(C(N)=O)C3CCN(C(=O)C=Cc4cc(F)cc(F)c4)CC3)CC2)c1NC. The summed E-state index contributed by atoms with van der Waals surface area (Å²) in [7, 11) is 1.92. The number of piperidine rings is 1. The van der Waals surface area contributed by atoms with E-state index in [4.69, 9.17) is 5.73 Å². The molecule has 7 nitrogen and oxygen atoms in total. The highest BCUT2D eigenvalue weighted by Crippen LogP contribution is 2.38. The van der Waals surface area contributed by atoms with E-state index in [-0.39, 0.29) is 23.8 Å². The minimum atomic E-state index is -0.689. The number of anilines is 1. The zero-order valence-corrected chi connectivity index (χ0v) is 21.8. The number of nitrogens with two attached hydrogens (primary N) is 1. The molecule has 2 amide bonds. The van der Waals surface area contributed by atoms with Crippen LogP contribution in [0.15, 0.2) is 37.1 Å². The molecule has 1 aromatic carbocycles. The number of carbonyl (C=O) groups is 2. The third kappa shape index (κ3) is 6.51. The second-order valence-electron chi connectivity index (χ2n) is 10.3. The first-order valence-electron chi connectivity index (χ1n) is 13.3. The number of nitrogens with one attached hydrogen (secondary N) is 3. The van der Waals surface area contributed by atoms with Gasteiger partial charge in [-0.3, -0.25) is 9.59 Å². The van der Waals surface area contributed by atoms with Gasteiger partial charge in [-0.05, 0) is 85.8 Å². The Morgan fingerprint density at radius 3 is 2.34 bits per heavy atom. The molecule has 2 aromatic rings. The summed E-state index contributed by atoms with van der Waals surface area (Å²) in [6, 6.07) is 2.92. The minimum absolute atomic E-state index is 0.0475. The Balaban J connectivity index is 1.28. The molecule has 0 spiro atoms. The number of likely N-dealkylation sites (tertiary alicyclic amines) is 1. The molecule has 2 heterocycles. The van der Waals surface area contributed by atoms with Crippen LogP contribution in [0.5, 0.6) is 0 Å². The number of amides is 2. The first-order chi connectivity index (χ1) is 18.3. The third-order valence-corrected chi connectivity index (χ3v) is 7.91. The van der Waals surface area contributed by atoms with Gasteiger partial charge < -0.3 is 26.3 Å². The molecule has 1 unspecified atom stereocenters. The van der Waals surface area contributed by atoms with Crippen LogP contribution in [-0.2, 0) is 9.59 Å². The van der Waals surface area contributed by atoms with Crippen LogP contribution in [0.3, 0.4) is 0 Å². The average Bonchev–Trinajstić information content (AvgIpc) is 3.33. The van der Waals surface area contributed by atoms with Gasteiger partial charge in [0.1, 0.15) is 11.6 Å². The molecule has 4 rings (SSSR count). The summed E-state index contributed by atoms with van der Waals surface area (Å²) >= 11 is 0. The van der Waals surface area contributed by atoms with Crippen molar-refractivity contribution in [1.29, 1.82) is 0 Å². The minimum Gasteiger partial charge on any atom is -0.386 e. The molecule has 1 atom stereocenters. The summed E-state index contributed by atoms with van der Waals surface area (Å²) in [5.41, 5.74) is 9.48. The Kier molecular flexibility index (Phi) is 8.99. The van der Waals surface area contributed by atoms with Gasteiger partial charge >= 0.3 is 0 Å². The number of primary amides is 1. The largest absolute Gasteiger partial charge is 0.386 e. The van der Waals surface area contributed by atoms with Gasteiger partial charge in [0.2, 0.25) is 11.8 Å². The van der Waals surface area contributed by atoms with Gasteiger partial charge in [0.25, 0.3) is 0 Å². The van der Waals surface area contributed by atoms with Crippen molar-refractivity contribution in [2.75, 3.05) is 25.5 Å². The van der Waals surface area contributed by atoms with Crippen LogP contribution >= 0.6 is 0 Å². The van der Waals surface area contributed by atoms with E-state index in [1.54, 1.807) is 4.90 Å². The second-order valence-corrected chi connectivity index (χ2v) is 10.3. The number of aromatic nitrogens is 1. The number of hydrogen-bond acceptors (Lipinski definition) is 4. The molecule has 2 aliphatic rings. The number of H-pyrrole nitrogens is 1. The lowest BCUT2D eigenvalue weighted by atomic mass is 9.80. The van der Waals surface area contributed by atoms with Crippen molar-refractivity contribution in [2.45, 2.75) is 56.5 Å². The molecule has 9 heteroatoms. The molecule has 0 radical (unpaired) electrons. The van der Waals surface area contributed by atoms with Crippen LogP contribution in [0, 0.1) is 17.6 Å². The van der Waals surface area contributed by atoms with Crippen molar-refractivity contribution in [3.8, 4) is 0 Å². The topological polar surface area (TPSA) is 103 Å². The Morgan fingerprint density at radius 1 is 1.11 bits per heavy atom. The standard InChI is InChI=1S/C29H37F2N5O2/c1-3-25-28(33-2)24(17-34-25)19-5-7-23(8-6-19)35-27(29(32)38)20-10-12-36(13-11-20)26(37)9-4-18-14-21(30)16-22(31)15-18/h3-4,9,14-17,19-20,23,27,33-35H,1,5-8,10-13H2,2H3,(H2,32,38). The number of nitrogens with zero attached hydrogens (tertiary/aromatic N) is 1. The fourth-order valence-corrected chi connectivity index (χ4v) is 5.89. The summed E-state index contributed by atoms with van der Waals surface area (Å²) in [6.45, 7) is 4.86. The van der Waals surface area contributed by atoms with E-state index in [1.165, 1.54) is 29.8 Å². The van der Waals surface area contributed by atoms with E-state index in [1.807, 2.05) is 13.1 Å². The molecule has 38 heavy (non-hydrogen) atoms. The van der Waals surface area contributed by atoms with E-state index in [0.29, 0.717) is 37.4 Å². The van der Waals surface area contributed by atoms with Crippen molar-refractivity contribution < 1.29 is 18.4 Å². The smallest absolute Gasteiger partial charge is 0.246 e. The molecule has 1 saturated heterocycles. The Bertz CT molecular complexity index is 1160. The summed E-state index contributed by atoms with van der Waals surface area (Å²) in [6.07, 6.45) is 11.9. The Labute approximate surface area is 222 Å². The summed E-state index contributed by atoms with van der Waals surface area (Å²) in [5.74, 6) is -1.47. The van der Waals surface area contributed by atoms with E-state index in [9.17, 15) is 18.4 Å². The van der Waals surface area contributed by atoms with Gasteiger partial charge in [-0.1, -0.05) is 6.58 Å². The molecular weight excluding hydrogens is 488 g/mol. The Morgan fingerprint density at radius 2 is 1.76 bits per heavy atom. The number of hydrogen-bond donors (Lipinski definition) is 4. The highest BCUT2D eigenvalue weighted by molar-refractivity contribution is 5.91. The van der Waals surface area contributed by atoms with E-state index >= 15 is 0 Å². The maximum Gasteiger partial charge on any atom is 0.246 e. The van der Waals surface area contributed by atoms with Crippen molar-refractivity contribution in [1.82, 2.24) is 15.2 Å². The maximum atomic E-state index is 13.4. The van der Waals surface area contributed by atoms with Gasteiger partial charge in [-0.2, -0.15) is 0 Å². The molecule has 1 aliphatic heterocycles. The molecule has 0 bridgehead atoms. The normalized spacial score (nSPS) is 21.4. The van der Waals surface area contributed by atoms with Gasteiger partial charge in [-0.25, -0.2) is 8.78 Å². The fraction of sp³-hybridized carbons (Fsp3) is 0.448. The van der Waals surface area contributed by atoms with Crippen LogP contribution in [0.1, 0.15) is 61.3 Å². The molecule has 1 aliphatic carbocycles. The summed E-state index contributed by atoms with van der Waals surface area (Å²) < 4.78 is 26.8. The predicted molar refractivity (Wildman–Crippen MR) is 146 cm³/mol. The van der Waals surface area contributed by atoms with E-state index < -0.39 is 17.7 Å². The number of aromatic amines is 1. The van der Waals surface area contributed by atoms with Crippen LogP contribution in [0.4, 0.5) is 14.5 Å². The van der Waals surface area contributed by atoms with Crippen LogP contribution < -0.4 is 16.4 Å². The number of carbonyl (C=O) groups excluding carboxylic acids is 2. The quantitative estimate of drug-likeness (QED) is 0.365. The van der Waals surface area contributed by atoms with Crippen LogP contribution in [-0.4, -0.2) is 53.9 Å². The molecule has 2 fully saturated rings. The first-order valence-corrected chi connectivity index (χ1v) is 13.3. The zero-order valence-electron chi connectivity index (χ0n) is 21.8. The predicted octanol–water partition coefficient (Wildman–Crippen LogP) is 4.40. The highest BCUT2D eigenvalue weighted by atomic mass is 19.1. The van der Waals surface area contributed by atoms with E-state index in [0.717, 1.165) is 43.1 Å². The monoisotopic (exact) mass is 525 g/mol. The van der Waals surface area contributed by atoms with Crippen molar-refractivity contribution >= 4 is 29.7 Å². The van der Waals surface area contributed by atoms with Gasteiger partial charge in [-0.15, -0.1) is 0 Å². The van der Waals surface area contributed by atoms with Crippen molar-refractivity contribution in [3.05, 3.63) is 65.5 Å². The average molecular weight is 526 g/mol. The van der Waals surface area contributed by atoms with Crippen LogP contribution in [0.25, 0.3) is 12.2 Å². The third-order valence-electron chi connectivity index (χ3n) is 7.91. The number of benzene rings is 1. The lowest BCUT2D eigenvalue weighted by Crippen LogP contribution is -2.54. The Hall–Kier alpha value is -3.46. The van der Waals surface area contributed by atoms with Gasteiger partial charge in [0.15, 0.2) is 0 Å². The maximum absolute atomic E-state index is 13.4. The summed E-state index contributed by atoms with van der Waals surface area (Å²) in [5, 5.41) is 6.83. The fourth-order valence-electron chi connectivity index (χ4n) is 5.89. The van der Waals surface area contributed by atoms with Gasteiger partial charge in [0, 0.05) is 44.5 Å². The number of rotatable bonds is 9. The van der Waals surface area contributed by atoms with Crippen LogP contribution in [0.2, 0.25) is 0 Å². The number of halogens is 2. The molecule has 1 aromatic heterocycles. The first kappa shape index (κ1) is 27.6. The molecule has 204 valence electrons. The summed E-state index contributed by atoms with van der Waals surface area (Å²) in [4.78, 5) is 30.0. The zero-order chi connectivity index (χ0) is 27.2. The lowest BCUT2D eigenvalue weighted by molar-refractivity contribution is -0.128. The second kappa shape index (κ2) is 12.4. The lowest BCUT2D eigenvalue weighted by Gasteiger charge is -2.38. The van der Waals surface area contributed by atoms with Gasteiger partial charge in [0.05, 0.1) is 17.4 Å². The highest BCUT2D eigenvalue weighted by Gasteiger charge is 2.34. The van der Waals surface area contributed by atoms with Crippen molar-refractivity contribution in [2.24, 2.45) is 11.7 Å². The molecule has 5 N–H and O–H groups in total. The van der Waals surface area contributed by atoms with Crippen molar-refractivity contribution in [3.63, 3.8) is 0 Å². The molecule has 1 saturated carbocycles. The van der Waals surface area contributed by atoms with E-state index in [2.05, 4.69) is 28.4 Å². The molecular formula is C29H37F2N5O2.